The molecule has 0 spiro atoms. The molecule has 0 saturated heterocycles. The molecule has 1 fully saturated rings. The second-order valence-electron chi connectivity index (χ2n) is 5.23. The summed E-state index contributed by atoms with van der Waals surface area (Å²) in [7, 11) is 1.65. The summed E-state index contributed by atoms with van der Waals surface area (Å²) >= 11 is 3.45. The van der Waals surface area contributed by atoms with E-state index >= 15 is 0 Å². The molecule has 1 amide bonds. The molecule has 21 heavy (non-hydrogen) atoms. The summed E-state index contributed by atoms with van der Waals surface area (Å²) < 4.78 is 8.16. The predicted molar refractivity (Wildman–Crippen MR) is 85.5 cm³/mol. The van der Waals surface area contributed by atoms with Crippen molar-refractivity contribution in [3.63, 3.8) is 0 Å². The third kappa shape index (κ3) is 3.19. The van der Waals surface area contributed by atoms with E-state index in [0.717, 1.165) is 28.6 Å². The van der Waals surface area contributed by atoms with Gasteiger partial charge in [0.1, 0.15) is 5.69 Å². The molecule has 0 aliphatic heterocycles. The number of anilines is 1. The van der Waals surface area contributed by atoms with Gasteiger partial charge in [-0.05, 0) is 40.9 Å². The molecule has 1 N–H and O–H groups in total. The number of rotatable bonds is 5. The van der Waals surface area contributed by atoms with Gasteiger partial charge in [0, 0.05) is 35.1 Å². The highest BCUT2D eigenvalue weighted by molar-refractivity contribution is 9.10. The Bertz CT molecular complexity index is 662. The molecule has 0 bridgehead atoms. The van der Waals surface area contributed by atoms with E-state index in [1.165, 1.54) is 0 Å². The summed E-state index contributed by atoms with van der Waals surface area (Å²) in [5, 5.41) is 2.99. The molecule has 4 nitrogen and oxygen atoms in total. The van der Waals surface area contributed by atoms with Gasteiger partial charge in [-0.2, -0.15) is 0 Å². The number of aromatic nitrogens is 1. The Balaban J connectivity index is 1.83. The minimum absolute atomic E-state index is 0.0869. The molecular formula is C16H17BrN2O2. The number of methoxy groups -OCH3 is 1. The second-order valence-corrected chi connectivity index (χ2v) is 6.14. The highest BCUT2D eigenvalue weighted by atomic mass is 79.9. The van der Waals surface area contributed by atoms with Crippen LogP contribution in [0.5, 0.6) is 0 Å². The number of hydrogen-bond acceptors (Lipinski definition) is 2. The van der Waals surface area contributed by atoms with Crippen molar-refractivity contribution in [2.75, 3.05) is 12.4 Å². The van der Waals surface area contributed by atoms with E-state index in [-0.39, 0.29) is 5.91 Å². The van der Waals surface area contributed by atoms with Crippen molar-refractivity contribution in [1.29, 1.82) is 0 Å². The average molecular weight is 349 g/mol. The van der Waals surface area contributed by atoms with Crippen molar-refractivity contribution >= 4 is 27.5 Å². The van der Waals surface area contributed by atoms with Crippen LogP contribution < -0.4 is 5.32 Å². The van der Waals surface area contributed by atoms with Crippen LogP contribution in [-0.2, 0) is 11.3 Å². The fourth-order valence-corrected chi connectivity index (χ4v) is 2.83. The Hall–Kier alpha value is -1.59. The van der Waals surface area contributed by atoms with Crippen molar-refractivity contribution in [3.8, 4) is 0 Å². The van der Waals surface area contributed by atoms with Gasteiger partial charge in [-0.15, -0.1) is 0 Å². The Morgan fingerprint density at radius 3 is 2.90 bits per heavy atom. The fourth-order valence-electron chi connectivity index (χ4n) is 2.39. The molecule has 2 aromatic rings. The van der Waals surface area contributed by atoms with Gasteiger partial charge in [0.05, 0.1) is 6.61 Å². The van der Waals surface area contributed by atoms with Crippen molar-refractivity contribution in [2.24, 2.45) is 0 Å². The van der Waals surface area contributed by atoms with Gasteiger partial charge in [-0.25, -0.2) is 0 Å². The predicted octanol–water partition coefficient (Wildman–Crippen LogP) is 3.98. The highest BCUT2D eigenvalue weighted by Crippen LogP contribution is 2.37. The van der Waals surface area contributed by atoms with E-state index in [4.69, 9.17) is 4.74 Å². The van der Waals surface area contributed by atoms with Crippen LogP contribution in [0.25, 0.3) is 0 Å². The van der Waals surface area contributed by atoms with Gasteiger partial charge in [0.2, 0.25) is 0 Å². The Labute approximate surface area is 132 Å². The molecule has 3 rings (SSSR count). The zero-order valence-electron chi connectivity index (χ0n) is 11.8. The lowest BCUT2D eigenvalue weighted by Crippen LogP contribution is -2.17. The van der Waals surface area contributed by atoms with Gasteiger partial charge in [0.25, 0.3) is 5.91 Å². The van der Waals surface area contributed by atoms with Crippen LogP contribution in [0.4, 0.5) is 5.69 Å². The van der Waals surface area contributed by atoms with Crippen molar-refractivity contribution in [2.45, 2.75) is 25.5 Å². The van der Waals surface area contributed by atoms with Crippen LogP contribution in [0, 0.1) is 0 Å². The van der Waals surface area contributed by atoms with Crippen LogP contribution in [0.2, 0.25) is 0 Å². The molecule has 1 aliphatic carbocycles. The third-order valence-corrected chi connectivity index (χ3v) is 3.99. The van der Waals surface area contributed by atoms with Crippen LogP contribution in [-0.4, -0.2) is 17.6 Å². The fraction of sp³-hybridized carbons (Fsp3) is 0.312. The molecule has 1 heterocycles. The van der Waals surface area contributed by atoms with E-state index < -0.39 is 0 Å². The molecule has 1 aromatic carbocycles. The maximum absolute atomic E-state index is 12.5. The number of ether oxygens (including phenoxy) is 1. The second kappa shape index (κ2) is 6.03. The quantitative estimate of drug-likeness (QED) is 0.887. The molecule has 110 valence electrons. The number of carbonyl (C=O) groups excluding carboxylic acids is 1. The van der Waals surface area contributed by atoms with Crippen molar-refractivity contribution < 1.29 is 9.53 Å². The minimum Gasteiger partial charge on any atom is -0.380 e. The first-order valence-electron chi connectivity index (χ1n) is 6.94. The largest absolute Gasteiger partial charge is 0.380 e. The van der Waals surface area contributed by atoms with E-state index in [1.807, 2.05) is 36.5 Å². The zero-order chi connectivity index (χ0) is 14.8. The SMILES string of the molecule is COCc1ccccc1NC(=O)c1cc(Br)cn1C1CC1. The standard InChI is InChI=1S/C16H17BrN2O2/c1-21-10-11-4-2-3-5-14(11)18-16(20)15-8-12(17)9-19(15)13-6-7-13/h2-5,8-9,13H,6-7,10H2,1H3,(H,18,20). The average Bonchev–Trinajstić information content (AvgIpc) is 3.24. The van der Waals surface area contributed by atoms with Gasteiger partial charge in [-0.3, -0.25) is 4.79 Å². The summed E-state index contributed by atoms with van der Waals surface area (Å²) in [6.07, 6.45) is 4.26. The van der Waals surface area contributed by atoms with Gasteiger partial charge >= 0.3 is 0 Å². The number of benzene rings is 1. The summed E-state index contributed by atoms with van der Waals surface area (Å²) in [5.41, 5.74) is 2.46. The van der Waals surface area contributed by atoms with Gasteiger partial charge in [0.15, 0.2) is 0 Å². The Kier molecular flexibility index (Phi) is 4.12. The van der Waals surface area contributed by atoms with Gasteiger partial charge in [-0.1, -0.05) is 18.2 Å². The molecular weight excluding hydrogens is 332 g/mol. The summed E-state index contributed by atoms with van der Waals surface area (Å²) in [6, 6.07) is 10.0. The smallest absolute Gasteiger partial charge is 0.272 e. The number of halogens is 1. The number of hydrogen-bond donors (Lipinski definition) is 1. The first kappa shape index (κ1) is 14.4. The Morgan fingerprint density at radius 1 is 1.43 bits per heavy atom. The Morgan fingerprint density at radius 2 is 2.19 bits per heavy atom. The first-order chi connectivity index (χ1) is 10.2. The topological polar surface area (TPSA) is 43.3 Å². The lowest BCUT2D eigenvalue weighted by molar-refractivity contribution is 0.101. The number of nitrogens with one attached hydrogen (secondary N) is 1. The van der Waals surface area contributed by atoms with Gasteiger partial charge < -0.3 is 14.6 Å². The van der Waals surface area contributed by atoms with Crippen LogP contribution in [0.1, 0.15) is 34.9 Å². The number of carbonyl (C=O) groups is 1. The lowest BCUT2D eigenvalue weighted by atomic mass is 10.2. The lowest BCUT2D eigenvalue weighted by Gasteiger charge is -2.12. The minimum atomic E-state index is -0.0869. The van der Waals surface area contributed by atoms with Crippen LogP contribution in [0.15, 0.2) is 41.0 Å². The first-order valence-corrected chi connectivity index (χ1v) is 7.74. The van der Waals surface area contributed by atoms with E-state index in [1.54, 1.807) is 7.11 Å². The maximum atomic E-state index is 12.5. The normalized spacial score (nSPS) is 14.2. The third-order valence-electron chi connectivity index (χ3n) is 3.55. The van der Waals surface area contributed by atoms with E-state index in [0.29, 0.717) is 18.3 Å². The zero-order valence-corrected chi connectivity index (χ0v) is 13.4. The highest BCUT2D eigenvalue weighted by Gasteiger charge is 2.27. The number of para-hydroxylation sites is 1. The van der Waals surface area contributed by atoms with Crippen molar-refractivity contribution in [1.82, 2.24) is 4.57 Å². The van der Waals surface area contributed by atoms with Crippen LogP contribution >= 0.6 is 15.9 Å². The molecule has 0 unspecified atom stereocenters. The molecule has 1 aliphatic rings. The molecule has 1 saturated carbocycles. The summed E-state index contributed by atoms with van der Waals surface area (Å²) in [5.74, 6) is -0.0869. The maximum Gasteiger partial charge on any atom is 0.272 e. The molecule has 1 aromatic heterocycles. The molecule has 5 heteroatoms. The number of amides is 1. The van der Waals surface area contributed by atoms with E-state index in [2.05, 4.69) is 25.8 Å². The number of nitrogens with zero attached hydrogens (tertiary/aromatic N) is 1. The summed E-state index contributed by atoms with van der Waals surface area (Å²) in [6.45, 7) is 0.476. The van der Waals surface area contributed by atoms with Crippen LogP contribution in [0.3, 0.4) is 0 Å². The molecule has 0 radical (unpaired) electrons. The summed E-state index contributed by atoms with van der Waals surface area (Å²) in [4.78, 5) is 12.5. The molecule has 0 atom stereocenters. The monoisotopic (exact) mass is 348 g/mol. The van der Waals surface area contributed by atoms with E-state index in [9.17, 15) is 4.79 Å². The van der Waals surface area contributed by atoms with Crippen molar-refractivity contribution in [3.05, 3.63) is 52.3 Å².